The van der Waals surface area contributed by atoms with Crippen molar-refractivity contribution in [2.45, 2.75) is 33.7 Å². The van der Waals surface area contributed by atoms with Crippen LogP contribution in [-0.2, 0) is 0 Å². The normalized spacial score (nSPS) is 13.2. The lowest BCUT2D eigenvalue weighted by atomic mass is 9.95. The van der Waals surface area contributed by atoms with Crippen LogP contribution in [0.25, 0.3) is 0 Å². The van der Waals surface area contributed by atoms with E-state index in [1.54, 1.807) is 0 Å². The summed E-state index contributed by atoms with van der Waals surface area (Å²) in [5.41, 5.74) is 2.68. The molecule has 0 saturated carbocycles. The van der Waals surface area contributed by atoms with E-state index < -0.39 is 0 Å². The second kappa shape index (κ2) is 5.66. The first-order valence-electron chi connectivity index (χ1n) is 5.55. The van der Waals surface area contributed by atoms with Gasteiger partial charge in [-0.1, -0.05) is 48.8 Å². The highest BCUT2D eigenvalue weighted by atomic mass is 79.9. The van der Waals surface area contributed by atoms with Gasteiger partial charge in [-0.15, -0.1) is 0 Å². The van der Waals surface area contributed by atoms with Crippen LogP contribution in [0.3, 0.4) is 0 Å². The van der Waals surface area contributed by atoms with Crippen LogP contribution in [-0.4, -0.2) is 6.54 Å². The van der Waals surface area contributed by atoms with E-state index in [0.717, 1.165) is 6.54 Å². The lowest BCUT2D eigenvalue weighted by molar-refractivity contribution is 0.421. The van der Waals surface area contributed by atoms with E-state index in [1.807, 2.05) is 0 Å². The van der Waals surface area contributed by atoms with Gasteiger partial charge in [0.1, 0.15) is 0 Å². The summed E-state index contributed by atoms with van der Waals surface area (Å²) in [5.74, 6) is 0.616. The predicted molar refractivity (Wildman–Crippen MR) is 70.1 cm³/mol. The average Bonchev–Trinajstić information content (AvgIpc) is 2.18. The van der Waals surface area contributed by atoms with Crippen molar-refractivity contribution >= 4 is 15.9 Å². The topological polar surface area (TPSA) is 12.0 Å². The number of hydrogen-bond acceptors (Lipinski definition) is 1. The van der Waals surface area contributed by atoms with Crippen LogP contribution in [0.5, 0.6) is 0 Å². The molecule has 84 valence electrons. The quantitative estimate of drug-likeness (QED) is 0.869. The molecule has 1 unspecified atom stereocenters. The summed E-state index contributed by atoms with van der Waals surface area (Å²) in [6, 6.07) is 7.06. The summed E-state index contributed by atoms with van der Waals surface area (Å²) in [6.07, 6.45) is 0. The summed E-state index contributed by atoms with van der Waals surface area (Å²) < 4.78 is 1.19. The Labute approximate surface area is 101 Å². The van der Waals surface area contributed by atoms with E-state index in [9.17, 15) is 0 Å². The number of rotatable bonds is 4. The largest absolute Gasteiger partial charge is 0.310 e. The Morgan fingerprint density at radius 1 is 1.33 bits per heavy atom. The molecular formula is C13H20BrN. The minimum atomic E-state index is 0.460. The van der Waals surface area contributed by atoms with Gasteiger partial charge < -0.3 is 5.32 Å². The van der Waals surface area contributed by atoms with Crippen molar-refractivity contribution < 1.29 is 0 Å². The molecule has 0 bridgehead atoms. The lowest BCUT2D eigenvalue weighted by Crippen LogP contribution is -2.25. The van der Waals surface area contributed by atoms with Gasteiger partial charge in [0.15, 0.2) is 0 Å². The number of halogens is 1. The number of aryl methyl sites for hydroxylation is 1. The zero-order valence-corrected chi connectivity index (χ0v) is 11.6. The zero-order valence-electron chi connectivity index (χ0n) is 9.97. The summed E-state index contributed by atoms with van der Waals surface area (Å²) in [7, 11) is 0. The fourth-order valence-corrected chi connectivity index (χ4v) is 2.07. The third-order valence-electron chi connectivity index (χ3n) is 2.63. The van der Waals surface area contributed by atoms with Crippen molar-refractivity contribution in [3.05, 3.63) is 33.8 Å². The van der Waals surface area contributed by atoms with E-state index in [1.165, 1.54) is 15.6 Å². The molecule has 0 aliphatic carbocycles. The minimum absolute atomic E-state index is 0.460. The van der Waals surface area contributed by atoms with Crippen molar-refractivity contribution in [2.75, 3.05) is 6.54 Å². The standard InChI is InChI=1S/C13H20BrN/c1-5-15-13(9(2)3)11-6-7-12(14)10(4)8-11/h6-9,13,15H,5H2,1-4H3. The molecule has 0 radical (unpaired) electrons. The molecule has 0 aliphatic heterocycles. The van der Waals surface area contributed by atoms with Gasteiger partial charge in [-0.05, 0) is 36.6 Å². The molecule has 15 heavy (non-hydrogen) atoms. The van der Waals surface area contributed by atoms with E-state index >= 15 is 0 Å². The molecule has 1 N–H and O–H groups in total. The van der Waals surface area contributed by atoms with Crippen molar-refractivity contribution in [3.8, 4) is 0 Å². The SMILES string of the molecule is CCNC(c1ccc(Br)c(C)c1)C(C)C. The van der Waals surface area contributed by atoms with Crippen LogP contribution in [0, 0.1) is 12.8 Å². The number of nitrogens with one attached hydrogen (secondary N) is 1. The maximum absolute atomic E-state index is 3.53. The van der Waals surface area contributed by atoms with Crippen LogP contribution in [0.15, 0.2) is 22.7 Å². The molecule has 1 rings (SSSR count). The fraction of sp³-hybridized carbons (Fsp3) is 0.538. The second-order valence-corrected chi connectivity index (χ2v) is 5.14. The summed E-state index contributed by atoms with van der Waals surface area (Å²) in [4.78, 5) is 0. The fourth-order valence-electron chi connectivity index (χ4n) is 1.82. The van der Waals surface area contributed by atoms with Gasteiger partial charge in [-0.2, -0.15) is 0 Å². The van der Waals surface area contributed by atoms with Crippen LogP contribution in [0.4, 0.5) is 0 Å². The molecule has 0 spiro atoms. The smallest absolute Gasteiger partial charge is 0.0343 e. The molecule has 1 nitrogen and oxygen atoms in total. The van der Waals surface area contributed by atoms with Crippen molar-refractivity contribution in [1.82, 2.24) is 5.32 Å². The minimum Gasteiger partial charge on any atom is -0.310 e. The lowest BCUT2D eigenvalue weighted by Gasteiger charge is -2.22. The Kier molecular flexibility index (Phi) is 4.81. The Hall–Kier alpha value is -0.340. The van der Waals surface area contributed by atoms with E-state index in [4.69, 9.17) is 0 Å². The molecule has 0 fully saturated rings. The van der Waals surface area contributed by atoms with Crippen molar-refractivity contribution in [1.29, 1.82) is 0 Å². The van der Waals surface area contributed by atoms with E-state index in [2.05, 4.69) is 67.1 Å². The summed E-state index contributed by atoms with van der Waals surface area (Å²) in [6.45, 7) is 9.81. The highest BCUT2D eigenvalue weighted by Gasteiger charge is 2.14. The van der Waals surface area contributed by atoms with Gasteiger partial charge in [0.05, 0.1) is 0 Å². The van der Waals surface area contributed by atoms with Crippen LogP contribution >= 0.6 is 15.9 Å². The maximum Gasteiger partial charge on any atom is 0.0343 e. The Balaban J connectivity index is 2.95. The zero-order chi connectivity index (χ0) is 11.4. The molecule has 1 aromatic carbocycles. The van der Waals surface area contributed by atoms with E-state index in [0.29, 0.717) is 12.0 Å². The third-order valence-corrected chi connectivity index (χ3v) is 3.52. The highest BCUT2D eigenvalue weighted by molar-refractivity contribution is 9.10. The van der Waals surface area contributed by atoms with Crippen molar-refractivity contribution in [3.63, 3.8) is 0 Å². The van der Waals surface area contributed by atoms with Gasteiger partial charge in [-0.25, -0.2) is 0 Å². The first-order valence-corrected chi connectivity index (χ1v) is 6.35. The molecule has 1 aromatic rings. The monoisotopic (exact) mass is 269 g/mol. The number of hydrogen-bond donors (Lipinski definition) is 1. The molecule has 2 heteroatoms. The van der Waals surface area contributed by atoms with Gasteiger partial charge in [0.2, 0.25) is 0 Å². The average molecular weight is 270 g/mol. The first-order chi connectivity index (χ1) is 7.06. The van der Waals surface area contributed by atoms with E-state index in [-0.39, 0.29) is 0 Å². The molecule has 0 saturated heterocycles. The van der Waals surface area contributed by atoms with Gasteiger partial charge in [0, 0.05) is 10.5 Å². The van der Waals surface area contributed by atoms with Gasteiger partial charge in [-0.3, -0.25) is 0 Å². The van der Waals surface area contributed by atoms with Crippen LogP contribution in [0.2, 0.25) is 0 Å². The molecule has 0 aliphatic rings. The highest BCUT2D eigenvalue weighted by Crippen LogP contribution is 2.25. The van der Waals surface area contributed by atoms with Gasteiger partial charge >= 0.3 is 0 Å². The number of benzene rings is 1. The third kappa shape index (κ3) is 3.32. The molecular weight excluding hydrogens is 250 g/mol. The van der Waals surface area contributed by atoms with Gasteiger partial charge in [0.25, 0.3) is 0 Å². The molecule has 0 amide bonds. The predicted octanol–water partition coefficient (Wildman–Crippen LogP) is 4.06. The molecule has 0 aromatic heterocycles. The Morgan fingerprint density at radius 2 is 2.00 bits per heavy atom. The molecule has 1 atom stereocenters. The second-order valence-electron chi connectivity index (χ2n) is 4.29. The first kappa shape index (κ1) is 12.7. The summed E-state index contributed by atoms with van der Waals surface area (Å²) in [5, 5.41) is 3.53. The Bertz CT molecular complexity index is 320. The maximum atomic E-state index is 3.53. The Morgan fingerprint density at radius 3 is 2.47 bits per heavy atom. The van der Waals surface area contributed by atoms with Crippen LogP contribution < -0.4 is 5.32 Å². The molecule has 0 heterocycles. The summed E-state index contributed by atoms with van der Waals surface area (Å²) >= 11 is 3.53. The van der Waals surface area contributed by atoms with Crippen molar-refractivity contribution in [2.24, 2.45) is 5.92 Å². The van der Waals surface area contributed by atoms with Crippen LogP contribution in [0.1, 0.15) is 37.9 Å².